The normalized spacial score (nSPS) is 10.7. The van der Waals surface area contributed by atoms with E-state index < -0.39 is 0 Å². The molecule has 4 nitrogen and oxygen atoms in total. The molecule has 0 fully saturated rings. The van der Waals surface area contributed by atoms with E-state index >= 15 is 0 Å². The number of thiazole rings is 1. The van der Waals surface area contributed by atoms with Crippen LogP contribution in [0.2, 0.25) is 0 Å². The lowest BCUT2D eigenvalue weighted by molar-refractivity contribution is 0.962. The number of fused-ring (bicyclic) bond motifs is 1. The summed E-state index contributed by atoms with van der Waals surface area (Å²) in [5.41, 5.74) is 2.52. The second-order valence-electron chi connectivity index (χ2n) is 4.05. The first-order valence-corrected chi connectivity index (χ1v) is 6.30. The van der Waals surface area contributed by atoms with Gasteiger partial charge in [-0.15, -0.1) is 11.3 Å². The summed E-state index contributed by atoms with van der Waals surface area (Å²) in [5, 5.41) is 9.95. The van der Waals surface area contributed by atoms with Gasteiger partial charge >= 0.3 is 0 Å². The summed E-state index contributed by atoms with van der Waals surface area (Å²) in [6.45, 7) is 1.98. The van der Waals surface area contributed by atoms with E-state index in [0.29, 0.717) is 5.56 Å². The molecule has 0 atom stereocenters. The van der Waals surface area contributed by atoms with E-state index in [1.807, 2.05) is 36.9 Å². The minimum atomic E-state index is 0.650. The number of nitrogens with zero attached hydrogens (tertiary/aromatic N) is 4. The van der Waals surface area contributed by atoms with Gasteiger partial charge in [0.2, 0.25) is 0 Å². The fourth-order valence-electron chi connectivity index (χ4n) is 1.94. The molecule has 2 heterocycles. The third-order valence-electron chi connectivity index (χ3n) is 2.85. The molecule has 0 N–H and O–H groups in total. The highest BCUT2D eigenvalue weighted by Crippen LogP contribution is 2.28. The fraction of sp³-hybridized carbons (Fsp3) is 0.154. The highest BCUT2D eigenvalue weighted by atomic mass is 32.1. The number of aromatic nitrogens is 3. The van der Waals surface area contributed by atoms with Gasteiger partial charge in [-0.3, -0.25) is 0 Å². The summed E-state index contributed by atoms with van der Waals surface area (Å²) < 4.78 is 2.00. The smallest absolute Gasteiger partial charge is 0.152 e. The highest BCUT2D eigenvalue weighted by molar-refractivity contribution is 7.15. The number of rotatable bonds is 1. The first-order valence-electron chi connectivity index (χ1n) is 5.48. The SMILES string of the molecule is Cc1ncc(-c2nc3ccc(C#N)cc3n2C)s1. The van der Waals surface area contributed by atoms with Crippen molar-refractivity contribution in [2.45, 2.75) is 6.92 Å². The molecule has 0 radical (unpaired) electrons. The lowest BCUT2D eigenvalue weighted by Crippen LogP contribution is -1.90. The zero-order chi connectivity index (χ0) is 12.7. The maximum absolute atomic E-state index is 8.93. The van der Waals surface area contributed by atoms with Gasteiger partial charge in [0.15, 0.2) is 5.82 Å². The monoisotopic (exact) mass is 254 g/mol. The Morgan fingerprint density at radius 2 is 2.22 bits per heavy atom. The van der Waals surface area contributed by atoms with Crippen molar-refractivity contribution >= 4 is 22.4 Å². The van der Waals surface area contributed by atoms with E-state index in [4.69, 9.17) is 5.26 Å². The molecular formula is C13H10N4S. The van der Waals surface area contributed by atoms with Crippen LogP contribution >= 0.6 is 11.3 Å². The van der Waals surface area contributed by atoms with Gasteiger partial charge in [-0.2, -0.15) is 5.26 Å². The molecule has 0 spiro atoms. The molecule has 0 saturated heterocycles. The Morgan fingerprint density at radius 1 is 1.39 bits per heavy atom. The number of imidazole rings is 1. The van der Waals surface area contributed by atoms with Crippen LogP contribution in [0.5, 0.6) is 0 Å². The summed E-state index contributed by atoms with van der Waals surface area (Å²) in [5.74, 6) is 0.894. The molecule has 0 saturated carbocycles. The maximum Gasteiger partial charge on any atom is 0.152 e. The van der Waals surface area contributed by atoms with E-state index in [0.717, 1.165) is 26.7 Å². The Hall–Kier alpha value is -2.19. The standard InChI is InChI=1S/C13H10N4S/c1-8-15-7-12(18-8)13-16-10-4-3-9(6-14)5-11(10)17(13)2/h3-5,7H,1-2H3. The third-order valence-corrected chi connectivity index (χ3v) is 3.76. The van der Waals surface area contributed by atoms with E-state index in [-0.39, 0.29) is 0 Å². The van der Waals surface area contributed by atoms with Crippen molar-refractivity contribution in [1.29, 1.82) is 5.26 Å². The second-order valence-corrected chi connectivity index (χ2v) is 5.29. The van der Waals surface area contributed by atoms with Gasteiger partial charge in [-0.05, 0) is 25.1 Å². The van der Waals surface area contributed by atoms with Crippen molar-refractivity contribution in [1.82, 2.24) is 14.5 Å². The minimum Gasteiger partial charge on any atom is -0.326 e. The molecule has 3 aromatic rings. The van der Waals surface area contributed by atoms with Crippen molar-refractivity contribution in [3.63, 3.8) is 0 Å². The van der Waals surface area contributed by atoms with Crippen molar-refractivity contribution in [2.75, 3.05) is 0 Å². The Labute approximate surface area is 108 Å². The summed E-state index contributed by atoms with van der Waals surface area (Å²) in [6, 6.07) is 7.68. The lowest BCUT2D eigenvalue weighted by atomic mass is 10.2. The van der Waals surface area contributed by atoms with Crippen LogP contribution in [0.3, 0.4) is 0 Å². The molecule has 0 aliphatic rings. The van der Waals surface area contributed by atoms with Gasteiger partial charge in [0, 0.05) is 13.2 Å². The first-order chi connectivity index (χ1) is 8.69. The molecule has 0 unspecified atom stereocenters. The van der Waals surface area contributed by atoms with Gasteiger partial charge in [0.25, 0.3) is 0 Å². The highest BCUT2D eigenvalue weighted by Gasteiger charge is 2.12. The average Bonchev–Trinajstić information content (AvgIpc) is 2.94. The quantitative estimate of drug-likeness (QED) is 0.671. The van der Waals surface area contributed by atoms with Gasteiger partial charge in [-0.1, -0.05) is 0 Å². The molecule has 1 aromatic carbocycles. The number of nitriles is 1. The van der Waals surface area contributed by atoms with E-state index in [9.17, 15) is 0 Å². The third kappa shape index (κ3) is 1.59. The molecule has 0 bridgehead atoms. The van der Waals surface area contributed by atoms with Crippen molar-refractivity contribution < 1.29 is 0 Å². The molecule has 5 heteroatoms. The average molecular weight is 254 g/mol. The summed E-state index contributed by atoms with van der Waals surface area (Å²) in [7, 11) is 1.96. The summed E-state index contributed by atoms with van der Waals surface area (Å²) in [6.07, 6.45) is 1.84. The lowest BCUT2D eigenvalue weighted by Gasteiger charge is -1.98. The van der Waals surface area contributed by atoms with Crippen molar-refractivity contribution in [3.05, 3.63) is 35.0 Å². The van der Waals surface area contributed by atoms with Crippen LogP contribution in [0.1, 0.15) is 10.6 Å². The number of benzene rings is 1. The Kier molecular flexibility index (Phi) is 2.39. The maximum atomic E-state index is 8.93. The molecule has 3 rings (SSSR count). The van der Waals surface area contributed by atoms with Crippen molar-refractivity contribution in [3.8, 4) is 16.8 Å². The Balaban J connectivity index is 2.26. The number of aryl methyl sites for hydroxylation is 2. The first kappa shape index (κ1) is 10.9. The van der Waals surface area contributed by atoms with Crippen LogP contribution < -0.4 is 0 Å². The van der Waals surface area contributed by atoms with Gasteiger partial charge in [0.05, 0.1) is 32.6 Å². The van der Waals surface area contributed by atoms with Crippen LogP contribution in [-0.2, 0) is 7.05 Å². The van der Waals surface area contributed by atoms with Gasteiger partial charge in [-0.25, -0.2) is 9.97 Å². The summed E-state index contributed by atoms with van der Waals surface area (Å²) in [4.78, 5) is 9.89. The zero-order valence-electron chi connectivity index (χ0n) is 10.0. The molecule has 0 aliphatic heterocycles. The predicted molar refractivity (Wildman–Crippen MR) is 71.3 cm³/mol. The van der Waals surface area contributed by atoms with E-state index in [1.54, 1.807) is 17.4 Å². The van der Waals surface area contributed by atoms with Crippen LogP contribution in [0.4, 0.5) is 0 Å². The second kappa shape index (κ2) is 3.93. The topological polar surface area (TPSA) is 54.5 Å². The molecule has 18 heavy (non-hydrogen) atoms. The molecular weight excluding hydrogens is 244 g/mol. The molecule has 0 amide bonds. The van der Waals surface area contributed by atoms with Crippen LogP contribution in [0, 0.1) is 18.3 Å². The van der Waals surface area contributed by atoms with Crippen LogP contribution in [0.15, 0.2) is 24.4 Å². The van der Waals surface area contributed by atoms with Gasteiger partial charge < -0.3 is 4.57 Å². The number of hydrogen-bond acceptors (Lipinski definition) is 4. The Bertz CT molecular complexity index is 776. The largest absolute Gasteiger partial charge is 0.326 e. The minimum absolute atomic E-state index is 0.650. The molecule has 0 aliphatic carbocycles. The van der Waals surface area contributed by atoms with Crippen molar-refractivity contribution in [2.24, 2.45) is 7.05 Å². The number of hydrogen-bond donors (Lipinski definition) is 0. The zero-order valence-corrected chi connectivity index (χ0v) is 10.8. The van der Waals surface area contributed by atoms with Gasteiger partial charge in [0.1, 0.15) is 0 Å². The van der Waals surface area contributed by atoms with E-state index in [1.165, 1.54) is 0 Å². The summed E-state index contributed by atoms with van der Waals surface area (Å²) >= 11 is 1.62. The Morgan fingerprint density at radius 3 is 2.89 bits per heavy atom. The van der Waals surface area contributed by atoms with Crippen LogP contribution in [-0.4, -0.2) is 14.5 Å². The molecule has 88 valence electrons. The molecule has 2 aromatic heterocycles. The fourth-order valence-corrected chi connectivity index (χ4v) is 2.75. The van der Waals surface area contributed by atoms with E-state index in [2.05, 4.69) is 16.0 Å². The predicted octanol–water partition coefficient (Wildman–Crippen LogP) is 2.88. The van der Waals surface area contributed by atoms with Crippen LogP contribution in [0.25, 0.3) is 21.7 Å².